The minimum Gasteiger partial charge on any atom is -0.457 e. The summed E-state index contributed by atoms with van der Waals surface area (Å²) in [6.07, 6.45) is 5.47. The number of rotatable bonds is 3. The standard InChI is InChI=1S/C13H14N2O/c1-10(8-14)7-12-4-5-13(16-12)11-3-2-6-15-9-11/h2-7,9H,8,14H2,1H3. The predicted molar refractivity (Wildman–Crippen MR) is 64.6 cm³/mol. The van der Waals surface area contributed by atoms with E-state index in [2.05, 4.69) is 4.98 Å². The first-order chi connectivity index (χ1) is 7.79. The van der Waals surface area contributed by atoms with E-state index in [1.807, 2.05) is 37.3 Å². The van der Waals surface area contributed by atoms with E-state index in [0.29, 0.717) is 6.54 Å². The van der Waals surface area contributed by atoms with Crippen LogP contribution >= 0.6 is 0 Å². The minimum atomic E-state index is 0.545. The average molecular weight is 214 g/mol. The predicted octanol–water partition coefficient (Wildman–Crippen LogP) is 2.70. The topological polar surface area (TPSA) is 52.0 Å². The van der Waals surface area contributed by atoms with Gasteiger partial charge in [-0.3, -0.25) is 4.98 Å². The van der Waals surface area contributed by atoms with Crippen molar-refractivity contribution in [2.75, 3.05) is 6.54 Å². The molecule has 2 N–H and O–H groups in total. The molecule has 0 aliphatic carbocycles. The third kappa shape index (κ3) is 2.38. The summed E-state index contributed by atoms with van der Waals surface area (Å²) < 4.78 is 5.67. The molecule has 2 heterocycles. The Kier molecular flexibility index (Phi) is 3.17. The Hall–Kier alpha value is -1.87. The zero-order valence-electron chi connectivity index (χ0n) is 9.18. The lowest BCUT2D eigenvalue weighted by Gasteiger charge is -1.95. The van der Waals surface area contributed by atoms with E-state index in [1.165, 1.54) is 0 Å². The van der Waals surface area contributed by atoms with Crippen LogP contribution in [-0.2, 0) is 0 Å². The van der Waals surface area contributed by atoms with Gasteiger partial charge in [0.15, 0.2) is 0 Å². The largest absolute Gasteiger partial charge is 0.457 e. The van der Waals surface area contributed by atoms with Gasteiger partial charge in [0.25, 0.3) is 0 Å². The molecule has 0 spiro atoms. The first-order valence-electron chi connectivity index (χ1n) is 5.17. The molecule has 16 heavy (non-hydrogen) atoms. The van der Waals surface area contributed by atoms with Crippen molar-refractivity contribution in [2.24, 2.45) is 5.73 Å². The smallest absolute Gasteiger partial charge is 0.136 e. The Balaban J connectivity index is 2.27. The molecule has 2 aromatic rings. The summed E-state index contributed by atoms with van der Waals surface area (Å²) in [5.74, 6) is 1.64. The molecule has 3 heteroatoms. The Morgan fingerprint density at radius 1 is 1.44 bits per heavy atom. The number of pyridine rings is 1. The monoisotopic (exact) mass is 214 g/mol. The summed E-state index contributed by atoms with van der Waals surface area (Å²) in [5.41, 5.74) is 7.59. The molecule has 0 saturated heterocycles. The molecule has 2 rings (SSSR count). The molecule has 0 radical (unpaired) electrons. The van der Waals surface area contributed by atoms with E-state index in [9.17, 15) is 0 Å². The fourth-order valence-electron chi connectivity index (χ4n) is 1.40. The summed E-state index contributed by atoms with van der Waals surface area (Å²) in [4.78, 5) is 4.05. The van der Waals surface area contributed by atoms with Crippen LogP contribution in [0, 0.1) is 0 Å². The van der Waals surface area contributed by atoms with Crippen molar-refractivity contribution in [1.29, 1.82) is 0 Å². The number of hydrogen-bond donors (Lipinski definition) is 1. The van der Waals surface area contributed by atoms with Crippen molar-refractivity contribution in [2.45, 2.75) is 6.92 Å². The molecule has 0 aromatic carbocycles. The fourth-order valence-corrected chi connectivity index (χ4v) is 1.40. The van der Waals surface area contributed by atoms with Gasteiger partial charge in [-0.2, -0.15) is 0 Å². The second-order valence-corrected chi connectivity index (χ2v) is 3.64. The molecule has 0 bridgehead atoms. The lowest BCUT2D eigenvalue weighted by molar-refractivity contribution is 0.571. The number of aromatic nitrogens is 1. The molecule has 0 amide bonds. The van der Waals surface area contributed by atoms with Gasteiger partial charge in [-0.05, 0) is 37.3 Å². The Morgan fingerprint density at radius 3 is 3.00 bits per heavy atom. The molecule has 2 aromatic heterocycles. The SMILES string of the molecule is CC(=Cc1ccc(-c2cccnc2)o1)CN. The van der Waals surface area contributed by atoms with Crippen LogP contribution in [0.25, 0.3) is 17.4 Å². The van der Waals surface area contributed by atoms with Gasteiger partial charge in [0.05, 0.1) is 0 Å². The molecule has 82 valence electrons. The third-order valence-corrected chi connectivity index (χ3v) is 2.28. The van der Waals surface area contributed by atoms with Gasteiger partial charge in [-0.25, -0.2) is 0 Å². The molecular formula is C13H14N2O. The van der Waals surface area contributed by atoms with Crippen LogP contribution in [0.3, 0.4) is 0 Å². The molecule has 0 saturated carbocycles. The molecule has 0 fully saturated rings. The summed E-state index contributed by atoms with van der Waals surface area (Å²) >= 11 is 0. The highest BCUT2D eigenvalue weighted by Gasteiger charge is 2.02. The quantitative estimate of drug-likeness (QED) is 0.854. The van der Waals surface area contributed by atoms with Gasteiger partial charge >= 0.3 is 0 Å². The molecule has 0 atom stereocenters. The van der Waals surface area contributed by atoms with Crippen LogP contribution in [0.4, 0.5) is 0 Å². The first kappa shape index (κ1) is 10.6. The minimum absolute atomic E-state index is 0.545. The molecule has 0 aliphatic heterocycles. The van der Waals surface area contributed by atoms with E-state index in [0.717, 1.165) is 22.7 Å². The second kappa shape index (κ2) is 4.77. The van der Waals surface area contributed by atoms with Gasteiger partial charge in [0, 0.05) is 24.5 Å². The zero-order valence-corrected chi connectivity index (χ0v) is 9.18. The normalized spacial score (nSPS) is 11.8. The Labute approximate surface area is 94.6 Å². The fraction of sp³-hybridized carbons (Fsp3) is 0.154. The highest BCUT2D eigenvalue weighted by atomic mass is 16.3. The summed E-state index contributed by atoms with van der Waals surface area (Å²) in [5, 5.41) is 0. The summed E-state index contributed by atoms with van der Waals surface area (Å²) in [7, 11) is 0. The Morgan fingerprint density at radius 2 is 2.31 bits per heavy atom. The average Bonchev–Trinajstić information content (AvgIpc) is 2.78. The van der Waals surface area contributed by atoms with Gasteiger partial charge in [0.2, 0.25) is 0 Å². The van der Waals surface area contributed by atoms with Gasteiger partial charge in [0.1, 0.15) is 11.5 Å². The lowest BCUT2D eigenvalue weighted by Crippen LogP contribution is -1.98. The molecular weight excluding hydrogens is 200 g/mol. The van der Waals surface area contributed by atoms with Crippen molar-refractivity contribution in [3.63, 3.8) is 0 Å². The van der Waals surface area contributed by atoms with Crippen LogP contribution in [0.15, 0.2) is 46.6 Å². The number of hydrogen-bond acceptors (Lipinski definition) is 3. The molecule has 3 nitrogen and oxygen atoms in total. The highest BCUT2D eigenvalue weighted by molar-refractivity contribution is 5.59. The van der Waals surface area contributed by atoms with Crippen molar-refractivity contribution >= 4 is 6.08 Å². The van der Waals surface area contributed by atoms with Crippen LogP contribution in [-0.4, -0.2) is 11.5 Å². The van der Waals surface area contributed by atoms with E-state index in [4.69, 9.17) is 10.2 Å². The second-order valence-electron chi connectivity index (χ2n) is 3.64. The lowest BCUT2D eigenvalue weighted by atomic mass is 10.2. The van der Waals surface area contributed by atoms with Crippen molar-refractivity contribution in [3.8, 4) is 11.3 Å². The zero-order chi connectivity index (χ0) is 11.4. The number of furan rings is 1. The summed E-state index contributed by atoms with van der Waals surface area (Å²) in [6.45, 7) is 2.52. The molecule has 0 aliphatic rings. The van der Waals surface area contributed by atoms with Crippen LogP contribution in [0.5, 0.6) is 0 Å². The molecule has 0 unspecified atom stereocenters. The van der Waals surface area contributed by atoms with E-state index in [1.54, 1.807) is 12.4 Å². The summed E-state index contributed by atoms with van der Waals surface area (Å²) in [6, 6.07) is 7.72. The number of nitrogens with zero attached hydrogens (tertiary/aromatic N) is 1. The number of nitrogens with two attached hydrogens (primary N) is 1. The maximum Gasteiger partial charge on any atom is 0.136 e. The van der Waals surface area contributed by atoms with Crippen LogP contribution < -0.4 is 5.73 Å². The van der Waals surface area contributed by atoms with Gasteiger partial charge in [-0.15, -0.1) is 0 Å². The highest BCUT2D eigenvalue weighted by Crippen LogP contribution is 2.22. The van der Waals surface area contributed by atoms with Crippen molar-refractivity contribution in [3.05, 3.63) is 48.0 Å². The maximum atomic E-state index is 5.67. The van der Waals surface area contributed by atoms with Crippen molar-refractivity contribution < 1.29 is 4.42 Å². The maximum absolute atomic E-state index is 5.67. The third-order valence-electron chi connectivity index (χ3n) is 2.28. The van der Waals surface area contributed by atoms with Crippen LogP contribution in [0.1, 0.15) is 12.7 Å². The first-order valence-corrected chi connectivity index (χ1v) is 5.17. The van der Waals surface area contributed by atoms with E-state index < -0.39 is 0 Å². The van der Waals surface area contributed by atoms with Crippen molar-refractivity contribution in [1.82, 2.24) is 4.98 Å². The van der Waals surface area contributed by atoms with Gasteiger partial charge < -0.3 is 10.2 Å². The Bertz CT molecular complexity index is 486. The van der Waals surface area contributed by atoms with Gasteiger partial charge in [-0.1, -0.05) is 5.57 Å². The van der Waals surface area contributed by atoms with Crippen LogP contribution in [0.2, 0.25) is 0 Å². The van der Waals surface area contributed by atoms with E-state index >= 15 is 0 Å². The van der Waals surface area contributed by atoms with E-state index in [-0.39, 0.29) is 0 Å².